The summed E-state index contributed by atoms with van der Waals surface area (Å²) in [5.41, 5.74) is 9.74. The summed E-state index contributed by atoms with van der Waals surface area (Å²) in [4.78, 5) is 12.3. The van der Waals surface area contributed by atoms with Crippen LogP contribution in [0.3, 0.4) is 0 Å². The zero-order valence-electron chi connectivity index (χ0n) is 19.2. The highest BCUT2D eigenvalue weighted by Gasteiger charge is 2.20. The van der Waals surface area contributed by atoms with Crippen molar-refractivity contribution in [3.05, 3.63) is 48.0 Å². The molecule has 0 unspecified atom stereocenters. The fraction of sp³-hybridized carbons (Fsp3) is 0.348. The van der Waals surface area contributed by atoms with Gasteiger partial charge in [0.2, 0.25) is 0 Å². The molecule has 5 aromatic rings. The van der Waals surface area contributed by atoms with Gasteiger partial charge in [0, 0.05) is 36.9 Å². The molecule has 4 heterocycles. The Bertz CT molecular complexity index is 1450. The van der Waals surface area contributed by atoms with Crippen molar-refractivity contribution in [2.45, 2.75) is 33.7 Å². The lowest BCUT2D eigenvalue weighted by molar-refractivity contribution is 0.375. The number of hydrogen-bond acceptors (Lipinski definition) is 9. The standard InChI is InChI=1S/C23H25FN8O2/c1-23(2,3)12-26-6-7-32-18(27-19-20(25)28-22(24)29-21(19)32)10-13-9-15-17(34-31-30-15)11-14(13)16-5-4-8-33-16/h4-5,8-9,11,26H,6-7,10,12H2,1-3H3,(H2,25,28,29). The van der Waals surface area contributed by atoms with Gasteiger partial charge < -0.3 is 24.6 Å². The van der Waals surface area contributed by atoms with Gasteiger partial charge in [-0.15, -0.1) is 5.10 Å². The number of halogens is 1. The third kappa shape index (κ3) is 4.34. The minimum Gasteiger partial charge on any atom is -0.464 e. The van der Waals surface area contributed by atoms with Crippen molar-refractivity contribution >= 4 is 28.1 Å². The van der Waals surface area contributed by atoms with Crippen LogP contribution < -0.4 is 11.1 Å². The number of benzene rings is 1. The second-order valence-corrected chi connectivity index (χ2v) is 9.37. The predicted octanol–water partition coefficient (Wildman–Crippen LogP) is 3.57. The van der Waals surface area contributed by atoms with Gasteiger partial charge in [-0.1, -0.05) is 20.8 Å². The van der Waals surface area contributed by atoms with E-state index in [2.05, 4.69) is 46.4 Å². The average molecular weight is 465 g/mol. The molecule has 0 saturated heterocycles. The van der Waals surface area contributed by atoms with Gasteiger partial charge in [0.25, 0.3) is 0 Å². The first-order valence-electron chi connectivity index (χ1n) is 11.0. The Morgan fingerprint density at radius 2 is 2.03 bits per heavy atom. The molecule has 0 atom stereocenters. The Kier molecular flexibility index (Phi) is 5.48. The smallest absolute Gasteiger partial charge is 0.312 e. The quantitative estimate of drug-likeness (QED) is 0.274. The van der Waals surface area contributed by atoms with Crippen LogP contribution in [0.2, 0.25) is 0 Å². The Hall–Kier alpha value is -3.86. The average Bonchev–Trinajstić information content (AvgIpc) is 3.50. The minimum absolute atomic E-state index is 0.00700. The van der Waals surface area contributed by atoms with Crippen LogP contribution in [-0.2, 0) is 13.0 Å². The molecule has 0 amide bonds. The van der Waals surface area contributed by atoms with E-state index in [-0.39, 0.29) is 11.2 Å². The first-order valence-corrected chi connectivity index (χ1v) is 11.0. The summed E-state index contributed by atoms with van der Waals surface area (Å²) >= 11 is 0. The minimum atomic E-state index is -0.883. The van der Waals surface area contributed by atoms with Gasteiger partial charge in [-0.25, -0.2) is 4.98 Å². The number of nitrogens with zero attached hydrogens (tertiary/aromatic N) is 6. The molecular weight excluding hydrogens is 439 g/mol. The SMILES string of the molecule is CC(C)(C)CNCCn1c(Cc2cc3nnoc3cc2-c2ccco2)nc2c(N)nc(F)nc21. The Labute approximate surface area is 194 Å². The van der Waals surface area contributed by atoms with Crippen LogP contribution in [-0.4, -0.2) is 43.0 Å². The van der Waals surface area contributed by atoms with E-state index in [0.717, 1.165) is 17.7 Å². The number of aromatic nitrogens is 6. The van der Waals surface area contributed by atoms with Gasteiger partial charge >= 0.3 is 6.08 Å². The van der Waals surface area contributed by atoms with Gasteiger partial charge in [0.1, 0.15) is 17.1 Å². The number of nitrogens with two attached hydrogens (primary N) is 1. The van der Waals surface area contributed by atoms with Crippen molar-refractivity contribution in [2.75, 3.05) is 18.8 Å². The summed E-state index contributed by atoms with van der Waals surface area (Å²) in [5, 5.41) is 11.1. The van der Waals surface area contributed by atoms with E-state index in [4.69, 9.17) is 19.7 Å². The molecule has 0 radical (unpaired) electrons. The summed E-state index contributed by atoms with van der Waals surface area (Å²) in [7, 11) is 0. The van der Waals surface area contributed by atoms with Gasteiger partial charge in [0.15, 0.2) is 22.6 Å². The fourth-order valence-corrected chi connectivity index (χ4v) is 3.91. The van der Waals surface area contributed by atoms with E-state index in [9.17, 15) is 4.39 Å². The predicted molar refractivity (Wildman–Crippen MR) is 124 cm³/mol. The maximum absolute atomic E-state index is 14.1. The molecule has 0 aliphatic carbocycles. The number of furan rings is 1. The number of hydrogen-bond donors (Lipinski definition) is 2. The molecule has 1 aromatic carbocycles. The molecule has 11 heteroatoms. The molecule has 0 spiro atoms. The number of anilines is 1. The zero-order chi connectivity index (χ0) is 23.9. The number of nitrogen functional groups attached to an aromatic ring is 1. The van der Waals surface area contributed by atoms with Crippen LogP contribution in [0.5, 0.6) is 0 Å². The van der Waals surface area contributed by atoms with Crippen molar-refractivity contribution in [2.24, 2.45) is 5.41 Å². The van der Waals surface area contributed by atoms with E-state index in [0.29, 0.717) is 53.4 Å². The topological polar surface area (TPSA) is 134 Å². The third-order valence-electron chi connectivity index (χ3n) is 5.45. The molecule has 3 N–H and O–H groups in total. The summed E-state index contributed by atoms with van der Waals surface area (Å²) in [6, 6.07) is 7.42. The van der Waals surface area contributed by atoms with Crippen LogP contribution in [0, 0.1) is 11.5 Å². The highest BCUT2D eigenvalue weighted by Crippen LogP contribution is 2.31. The maximum atomic E-state index is 14.1. The highest BCUT2D eigenvalue weighted by molar-refractivity contribution is 5.83. The van der Waals surface area contributed by atoms with E-state index in [1.165, 1.54) is 0 Å². The number of rotatable bonds is 7. The molecule has 0 aliphatic heterocycles. The van der Waals surface area contributed by atoms with Gasteiger partial charge in [-0.2, -0.15) is 14.4 Å². The van der Waals surface area contributed by atoms with Gasteiger partial charge in [-0.3, -0.25) is 0 Å². The maximum Gasteiger partial charge on any atom is 0.312 e. The zero-order valence-corrected chi connectivity index (χ0v) is 19.2. The summed E-state index contributed by atoms with van der Waals surface area (Å²) < 4.78 is 26.8. The van der Waals surface area contributed by atoms with E-state index in [1.54, 1.807) is 6.26 Å². The highest BCUT2D eigenvalue weighted by atomic mass is 19.1. The molecule has 0 saturated carbocycles. The molecule has 5 rings (SSSR count). The fourth-order valence-electron chi connectivity index (χ4n) is 3.91. The summed E-state index contributed by atoms with van der Waals surface area (Å²) in [6.07, 6.45) is 1.12. The van der Waals surface area contributed by atoms with Gasteiger partial charge in [-0.05, 0) is 35.2 Å². The van der Waals surface area contributed by atoms with Crippen molar-refractivity contribution in [3.63, 3.8) is 0 Å². The Morgan fingerprint density at radius 3 is 2.79 bits per heavy atom. The van der Waals surface area contributed by atoms with E-state index >= 15 is 0 Å². The van der Waals surface area contributed by atoms with Crippen molar-refractivity contribution in [1.82, 2.24) is 35.2 Å². The second kappa shape index (κ2) is 8.49. The first-order chi connectivity index (χ1) is 16.3. The van der Waals surface area contributed by atoms with Crippen molar-refractivity contribution < 1.29 is 13.3 Å². The van der Waals surface area contributed by atoms with Crippen LogP contribution >= 0.6 is 0 Å². The molecule has 0 bridgehead atoms. The number of fused-ring (bicyclic) bond motifs is 2. The molecular formula is C23H25FN8O2. The number of imidazole rings is 1. The molecule has 0 aliphatic rings. The molecule has 10 nitrogen and oxygen atoms in total. The Balaban J connectivity index is 1.56. The lowest BCUT2D eigenvalue weighted by Gasteiger charge is -2.19. The van der Waals surface area contributed by atoms with Crippen LogP contribution in [0.15, 0.2) is 39.5 Å². The van der Waals surface area contributed by atoms with Crippen molar-refractivity contribution in [3.8, 4) is 11.3 Å². The van der Waals surface area contributed by atoms with Crippen LogP contribution in [0.1, 0.15) is 32.2 Å². The summed E-state index contributed by atoms with van der Waals surface area (Å²) in [5.74, 6) is 1.35. The normalized spacial score (nSPS) is 12.2. The monoisotopic (exact) mass is 464 g/mol. The third-order valence-corrected chi connectivity index (χ3v) is 5.45. The van der Waals surface area contributed by atoms with E-state index in [1.807, 2.05) is 28.8 Å². The van der Waals surface area contributed by atoms with Gasteiger partial charge in [0.05, 0.1) is 6.26 Å². The second-order valence-electron chi connectivity index (χ2n) is 9.37. The largest absolute Gasteiger partial charge is 0.464 e. The molecule has 0 fully saturated rings. The lowest BCUT2D eigenvalue weighted by Crippen LogP contribution is -2.30. The Morgan fingerprint density at radius 1 is 1.18 bits per heavy atom. The summed E-state index contributed by atoms with van der Waals surface area (Å²) in [6.45, 7) is 8.49. The van der Waals surface area contributed by atoms with E-state index < -0.39 is 6.08 Å². The molecule has 176 valence electrons. The first kappa shape index (κ1) is 22.0. The van der Waals surface area contributed by atoms with Crippen LogP contribution in [0.25, 0.3) is 33.6 Å². The number of nitrogens with one attached hydrogen (secondary N) is 1. The van der Waals surface area contributed by atoms with Crippen LogP contribution in [0.4, 0.5) is 10.2 Å². The molecule has 4 aromatic heterocycles. The lowest BCUT2D eigenvalue weighted by atomic mass is 9.97. The van der Waals surface area contributed by atoms with Crippen molar-refractivity contribution in [1.29, 1.82) is 0 Å². The molecule has 34 heavy (non-hydrogen) atoms.